The molecule has 8 nitrogen and oxygen atoms in total. The second kappa shape index (κ2) is 9.16. The van der Waals surface area contributed by atoms with E-state index in [1.807, 2.05) is 31.2 Å². The van der Waals surface area contributed by atoms with Gasteiger partial charge in [0.05, 0.1) is 7.11 Å². The van der Waals surface area contributed by atoms with Crippen LogP contribution >= 0.6 is 0 Å². The minimum absolute atomic E-state index is 0.133. The Morgan fingerprint density at radius 2 is 2.00 bits per heavy atom. The molecule has 148 valence electrons. The summed E-state index contributed by atoms with van der Waals surface area (Å²) in [6.07, 6.45) is 1.60. The molecule has 1 N–H and O–H groups in total. The van der Waals surface area contributed by atoms with Gasteiger partial charge < -0.3 is 19.9 Å². The molecule has 1 fully saturated rings. The molecule has 1 aliphatic heterocycles. The molecule has 0 aliphatic carbocycles. The third-order valence-corrected chi connectivity index (χ3v) is 4.65. The van der Waals surface area contributed by atoms with E-state index in [1.54, 1.807) is 23.0 Å². The third kappa shape index (κ3) is 4.97. The van der Waals surface area contributed by atoms with Gasteiger partial charge in [-0.15, -0.1) is 0 Å². The number of nitrogens with one attached hydrogen (secondary N) is 1. The van der Waals surface area contributed by atoms with Crippen molar-refractivity contribution < 1.29 is 14.3 Å². The number of ether oxygens (including phenoxy) is 1. The van der Waals surface area contributed by atoms with Crippen molar-refractivity contribution in [3.8, 4) is 5.75 Å². The fourth-order valence-electron chi connectivity index (χ4n) is 3.10. The van der Waals surface area contributed by atoms with E-state index >= 15 is 0 Å². The molecule has 8 heteroatoms. The third-order valence-electron chi connectivity index (χ3n) is 4.65. The van der Waals surface area contributed by atoms with Crippen molar-refractivity contribution in [3.63, 3.8) is 0 Å². The van der Waals surface area contributed by atoms with Crippen LogP contribution < -0.4 is 10.1 Å². The van der Waals surface area contributed by atoms with E-state index in [4.69, 9.17) is 4.74 Å². The maximum Gasteiger partial charge on any atom is 0.272 e. The van der Waals surface area contributed by atoms with Gasteiger partial charge in [0.15, 0.2) is 0 Å². The van der Waals surface area contributed by atoms with Gasteiger partial charge in [0, 0.05) is 38.4 Å². The van der Waals surface area contributed by atoms with Crippen molar-refractivity contribution in [1.29, 1.82) is 0 Å². The number of anilines is 1. The van der Waals surface area contributed by atoms with Gasteiger partial charge >= 0.3 is 0 Å². The Bertz CT molecular complexity index is 834. The lowest BCUT2D eigenvalue weighted by atomic mass is 10.1. The number of benzene rings is 1. The molecule has 2 heterocycles. The Morgan fingerprint density at radius 3 is 2.71 bits per heavy atom. The van der Waals surface area contributed by atoms with Crippen molar-refractivity contribution in [2.75, 3.05) is 45.2 Å². The van der Waals surface area contributed by atoms with Crippen molar-refractivity contribution in [3.05, 3.63) is 47.3 Å². The lowest BCUT2D eigenvalue weighted by Crippen LogP contribution is -2.48. The van der Waals surface area contributed by atoms with Crippen molar-refractivity contribution in [1.82, 2.24) is 19.8 Å². The molecule has 1 aromatic carbocycles. The van der Waals surface area contributed by atoms with E-state index in [1.165, 1.54) is 0 Å². The summed E-state index contributed by atoms with van der Waals surface area (Å²) in [7, 11) is 1.65. The zero-order chi connectivity index (χ0) is 19.9. The van der Waals surface area contributed by atoms with Crippen LogP contribution in [0.25, 0.3) is 0 Å². The summed E-state index contributed by atoms with van der Waals surface area (Å²) in [5, 5.41) is 3.20. The van der Waals surface area contributed by atoms with E-state index < -0.39 is 0 Å². The summed E-state index contributed by atoms with van der Waals surface area (Å²) in [5.74, 6) is 1.14. The molecular weight excluding hydrogens is 358 g/mol. The smallest absolute Gasteiger partial charge is 0.272 e. The molecule has 3 rings (SSSR count). The van der Waals surface area contributed by atoms with Crippen LogP contribution in [0.15, 0.2) is 30.3 Å². The number of rotatable bonds is 7. The van der Waals surface area contributed by atoms with Crippen LogP contribution in [0, 0.1) is 6.92 Å². The molecule has 1 aliphatic rings. The minimum atomic E-state index is -0.133. The van der Waals surface area contributed by atoms with Crippen LogP contribution in [-0.4, -0.2) is 71.9 Å². The first-order valence-corrected chi connectivity index (χ1v) is 9.30. The minimum Gasteiger partial charge on any atom is -0.497 e. The lowest BCUT2D eigenvalue weighted by molar-refractivity contribution is -0.119. The zero-order valence-corrected chi connectivity index (χ0v) is 16.2. The van der Waals surface area contributed by atoms with E-state index in [2.05, 4.69) is 15.3 Å². The van der Waals surface area contributed by atoms with Crippen LogP contribution in [0.3, 0.4) is 0 Å². The quantitative estimate of drug-likeness (QED) is 0.727. The van der Waals surface area contributed by atoms with Crippen molar-refractivity contribution >= 4 is 18.3 Å². The highest BCUT2D eigenvalue weighted by molar-refractivity contribution is 5.92. The Morgan fingerprint density at radius 1 is 1.21 bits per heavy atom. The average molecular weight is 383 g/mol. The van der Waals surface area contributed by atoms with Crippen LogP contribution in [0.5, 0.6) is 5.75 Å². The first kappa shape index (κ1) is 19.6. The molecule has 2 aromatic rings. The number of hydrogen-bond donors (Lipinski definition) is 1. The van der Waals surface area contributed by atoms with Gasteiger partial charge in [0.1, 0.15) is 11.4 Å². The number of hydrogen-bond acceptors (Lipinski definition) is 6. The molecular formula is C20H25N5O3. The van der Waals surface area contributed by atoms with E-state index in [9.17, 15) is 9.59 Å². The molecule has 0 unspecified atom stereocenters. The fourth-order valence-corrected chi connectivity index (χ4v) is 3.10. The highest BCUT2D eigenvalue weighted by atomic mass is 16.5. The Kier molecular flexibility index (Phi) is 6.41. The number of aryl methyl sites for hydroxylation is 1. The predicted molar refractivity (Wildman–Crippen MR) is 105 cm³/mol. The van der Waals surface area contributed by atoms with Crippen molar-refractivity contribution in [2.45, 2.75) is 13.3 Å². The topological polar surface area (TPSA) is 87.7 Å². The summed E-state index contributed by atoms with van der Waals surface area (Å²) in [6, 6.07) is 9.59. The summed E-state index contributed by atoms with van der Waals surface area (Å²) in [6.45, 7) is 4.60. The number of carbonyl (C=O) groups excluding carboxylic acids is 2. The van der Waals surface area contributed by atoms with Gasteiger partial charge in [-0.1, -0.05) is 12.1 Å². The van der Waals surface area contributed by atoms with Crippen LogP contribution in [0.4, 0.5) is 5.95 Å². The molecule has 28 heavy (non-hydrogen) atoms. The van der Waals surface area contributed by atoms with Crippen LogP contribution in [0.1, 0.15) is 21.7 Å². The molecule has 0 radical (unpaired) electrons. The van der Waals surface area contributed by atoms with Crippen LogP contribution in [-0.2, 0) is 11.2 Å². The summed E-state index contributed by atoms with van der Waals surface area (Å²) in [5.41, 5.74) is 2.24. The number of carbonyl (C=O) groups is 2. The Balaban J connectivity index is 1.61. The molecule has 0 atom stereocenters. The van der Waals surface area contributed by atoms with E-state index in [-0.39, 0.29) is 5.91 Å². The van der Waals surface area contributed by atoms with Gasteiger partial charge in [-0.2, -0.15) is 0 Å². The molecule has 2 amide bonds. The molecule has 0 bridgehead atoms. The molecule has 1 aromatic heterocycles. The first-order valence-electron chi connectivity index (χ1n) is 9.30. The lowest BCUT2D eigenvalue weighted by Gasteiger charge is -2.32. The standard InChI is InChI=1S/C20H25N5O3/c1-15-12-18(19(27)25-10-8-24(14-26)9-11-25)23-20(22-15)21-7-6-16-4-3-5-17(13-16)28-2/h3-5,12-14H,6-11H2,1-2H3,(H,21,22,23). The van der Waals surface area contributed by atoms with Gasteiger partial charge in [-0.3, -0.25) is 9.59 Å². The number of aromatic nitrogens is 2. The zero-order valence-electron chi connectivity index (χ0n) is 16.2. The Labute approximate surface area is 164 Å². The monoisotopic (exact) mass is 383 g/mol. The van der Waals surface area contributed by atoms with Gasteiger partial charge in [-0.25, -0.2) is 9.97 Å². The van der Waals surface area contributed by atoms with Gasteiger partial charge in [0.2, 0.25) is 12.4 Å². The second-order valence-electron chi connectivity index (χ2n) is 6.68. The van der Waals surface area contributed by atoms with Crippen molar-refractivity contribution in [2.24, 2.45) is 0 Å². The maximum atomic E-state index is 12.8. The van der Waals surface area contributed by atoms with Gasteiger partial charge in [-0.05, 0) is 37.1 Å². The van der Waals surface area contributed by atoms with Crippen LogP contribution in [0.2, 0.25) is 0 Å². The average Bonchev–Trinajstić information content (AvgIpc) is 2.73. The van der Waals surface area contributed by atoms with E-state index in [0.29, 0.717) is 44.4 Å². The molecule has 1 saturated heterocycles. The maximum absolute atomic E-state index is 12.8. The number of methoxy groups -OCH3 is 1. The SMILES string of the molecule is COc1cccc(CCNc2nc(C)cc(C(=O)N3CCN(C=O)CC3)n2)c1. The second-order valence-corrected chi connectivity index (χ2v) is 6.68. The fraction of sp³-hybridized carbons (Fsp3) is 0.400. The number of nitrogens with zero attached hydrogens (tertiary/aromatic N) is 4. The Hall–Kier alpha value is -3.16. The normalized spacial score (nSPS) is 13.9. The summed E-state index contributed by atoms with van der Waals surface area (Å²) < 4.78 is 5.24. The molecule has 0 saturated carbocycles. The van der Waals surface area contributed by atoms with Gasteiger partial charge in [0.25, 0.3) is 5.91 Å². The highest BCUT2D eigenvalue weighted by Gasteiger charge is 2.23. The summed E-state index contributed by atoms with van der Waals surface area (Å²) in [4.78, 5) is 35.7. The highest BCUT2D eigenvalue weighted by Crippen LogP contribution is 2.14. The summed E-state index contributed by atoms with van der Waals surface area (Å²) >= 11 is 0. The first-order chi connectivity index (χ1) is 13.6. The largest absolute Gasteiger partial charge is 0.497 e. The molecule has 0 spiro atoms. The number of piperazine rings is 1. The number of amides is 2. The predicted octanol–water partition coefficient (Wildman–Crippen LogP) is 1.36. The van der Waals surface area contributed by atoms with E-state index in [0.717, 1.165) is 29.8 Å².